The van der Waals surface area contributed by atoms with Crippen molar-refractivity contribution in [2.24, 2.45) is 11.3 Å². The van der Waals surface area contributed by atoms with E-state index in [1.54, 1.807) is 6.92 Å². The highest BCUT2D eigenvalue weighted by molar-refractivity contribution is 5.78. The lowest BCUT2D eigenvalue weighted by atomic mass is 9.86. The Balaban J connectivity index is 3.81. The average molecular weight is 172 g/mol. The van der Waals surface area contributed by atoms with Crippen LogP contribution in [0, 0.1) is 11.3 Å². The highest BCUT2D eigenvalue weighted by atomic mass is 16.3. The lowest BCUT2D eigenvalue weighted by molar-refractivity contribution is -0.122. The van der Waals surface area contributed by atoms with Crippen LogP contribution in [0.1, 0.15) is 40.5 Å². The van der Waals surface area contributed by atoms with Crippen molar-refractivity contribution in [3.8, 4) is 0 Å². The van der Waals surface area contributed by atoms with Crippen LogP contribution in [0.15, 0.2) is 0 Å². The number of hydrogen-bond acceptors (Lipinski definition) is 2. The quantitative estimate of drug-likeness (QED) is 0.704. The number of Topliss-reactive ketones (excluding diaryl/α,β-unsaturated/α-hetero) is 1. The van der Waals surface area contributed by atoms with Gasteiger partial charge in [-0.05, 0) is 25.2 Å². The Labute approximate surface area is 75.0 Å². The molecule has 0 radical (unpaired) electrons. The number of ketones is 1. The summed E-state index contributed by atoms with van der Waals surface area (Å²) in [5.41, 5.74) is 0.253. The molecule has 0 amide bonds. The molecular weight excluding hydrogens is 152 g/mol. The summed E-state index contributed by atoms with van der Waals surface area (Å²) in [6, 6.07) is 0. The minimum atomic E-state index is -0.149. The minimum absolute atomic E-state index is 0.00852. The third-order valence-electron chi connectivity index (χ3n) is 2.04. The third-order valence-corrected chi connectivity index (χ3v) is 2.04. The van der Waals surface area contributed by atoms with E-state index in [9.17, 15) is 4.79 Å². The smallest absolute Gasteiger partial charge is 0.135 e. The summed E-state index contributed by atoms with van der Waals surface area (Å²) in [5, 5.41) is 8.87. The van der Waals surface area contributed by atoms with Crippen molar-refractivity contribution in [3.63, 3.8) is 0 Å². The summed E-state index contributed by atoms with van der Waals surface area (Å²) in [4.78, 5) is 10.9. The van der Waals surface area contributed by atoms with Gasteiger partial charge in [0, 0.05) is 5.92 Å². The number of hydrogen-bond donors (Lipinski definition) is 1. The van der Waals surface area contributed by atoms with Crippen LogP contribution in [0.25, 0.3) is 0 Å². The maximum atomic E-state index is 10.9. The molecule has 0 rings (SSSR count). The highest BCUT2D eigenvalue weighted by Gasteiger charge is 2.17. The van der Waals surface area contributed by atoms with Crippen LogP contribution in [0.5, 0.6) is 0 Å². The van der Waals surface area contributed by atoms with E-state index in [4.69, 9.17) is 5.11 Å². The van der Waals surface area contributed by atoms with Crippen molar-refractivity contribution in [1.82, 2.24) is 0 Å². The van der Waals surface area contributed by atoms with Crippen LogP contribution in [0.2, 0.25) is 0 Å². The summed E-state index contributed by atoms with van der Waals surface area (Å²) in [7, 11) is 0. The summed E-state index contributed by atoms with van der Waals surface area (Å²) in [6.45, 7) is 7.96. The fraction of sp³-hybridized carbons (Fsp3) is 0.900. The molecule has 0 saturated carbocycles. The summed E-state index contributed by atoms with van der Waals surface area (Å²) in [5.74, 6) is -0.0500. The molecule has 1 atom stereocenters. The standard InChI is InChI=1S/C10H20O2/c1-8(12)9(7-11)5-6-10(2,3)4/h9,11H,5-7H2,1-4H3. The van der Waals surface area contributed by atoms with Gasteiger partial charge in [0.25, 0.3) is 0 Å². The van der Waals surface area contributed by atoms with Crippen molar-refractivity contribution < 1.29 is 9.90 Å². The van der Waals surface area contributed by atoms with Crippen molar-refractivity contribution in [3.05, 3.63) is 0 Å². The highest BCUT2D eigenvalue weighted by Crippen LogP contribution is 2.23. The van der Waals surface area contributed by atoms with Gasteiger partial charge >= 0.3 is 0 Å². The largest absolute Gasteiger partial charge is 0.396 e. The molecule has 0 aromatic carbocycles. The topological polar surface area (TPSA) is 37.3 Å². The second-order valence-electron chi connectivity index (χ2n) is 4.59. The van der Waals surface area contributed by atoms with Crippen LogP contribution >= 0.6 is 0 Å². The fourth-order valence-electron chi connectivity index (χ4n) is 1.03. The van der Waals surface area contributed by atoms with Gasteiger partial charge in [-0.25, -0.2) is 0 Å². The zero-order valence-corrected chi connectivity index (χ0v) is 8.55. The molecule has 0 aliphatic rings. The molecule has 2 nitrogen and oxygen atoms in total. The molecule has 0 bridgehead atoms. The molecule has 0 aliphatic heterocycles. The maximum absolute atomic E-state index is 10.9. The monoisotopic (exact) mass is 172 g/mol. The fourth-order valence-corrected chi connectivity index (χ4v) is 1.03. The van der Waals surface area contributed by atoms with Gasteiger partial charge in [0.05, 0.1) is 6.61 Å². The number of carbonyl (C=O) groups is 1. The van der Waals surface area contributed by atoms with Gasteiger partial charge < -0.3 is 5.11 Å². The number of aliphatic hydroxyl groups is 1. The van der Waals surface area contributed by atoms with Crippen LogP contribution in [-0.4, -0.2) is 17.5 Å². The Kier molecular flexibility index (Phi) is 4.46. The van der Waals surface area contributed by atoms with E-state index in [1.807, 2.05) is 0 Å². The van der Waals surface area contributed by atoms with Gasteiger partial charge in [0.2, 0.25) is 0 Å². The first-order valence-electron chi connectivity index (χ1n) is 4.48. The average Bonchev–Trinajstić information content (AvgIpc) is 1.85. The van der Waals surface area contributed by atoms with Crippen LogP contribution in [-0.2, 0) is 4.79 Å². The van der Waals surface area contributed by atoms with Crippen molar-refractivity contribution in [1.29, 1.82) is 0 Å². The molecule has 72 valence electrons. The number of rotatable bonds is 4. The molecule has 0 heterocycles. The summed E-state index contributed by atoms with van der Waals surface area (Å²) >= 11 is 0. The Morgan fingerprint density at radius 2 is 1.92 bits per heavy atom. The van der Waals surface area contributed by atoms with Crippen molar-refractivity contribution in [2.75, 3.05) is 6.61 Å². The van der Waals surface area contributed by atoms with Gasteiger partial charge in [0.1, 0.15) is 5.78 Å². The molecule has 0 saturated heterocycles. The van der Waals surface area contributed by atoms with Gasteiger partial charge in [-0.15, -0.1) is 0 Å². The van der Waals surface area contributed by atoms with Crippen molar-refractivity contribution >= 4 is 5.78 Å². The molecule has 0 aromatic heterocycles. The first kappa shape index (κ1) is 11.6. The van der Waals surface area contributed by atoms with E-state index < -0.39 is 0 Å². The van der Waals surface area contributed by atoms with E-state index in [-0.39, 0.29) is 23.7 Å². The van der Waals surface area contributed by atoms with E-state index in [0.29, 0.717) is 0 Å². The minimum Gasteiger partial charge on any atom is -0.396 e. The molecule has 12 heavy (non-hydrogen) atoms. The Morgan fingerprint density at radius 1 is 1.42 bits per heavy atom. The lowest BCUT2D eigenvalue weighted by Crippen LogP contribution is -2.18. The Bertz CT molecular complexity index is 144. The second kappa shape index (κ2) is 4.61. The zero-order valence-electron chi connectivity index (χ0n) is 8.55. The Hall–Kier alpha value is -0.370. The molecule has 1 N–H and O–H groups in total. The summed E-state index contributed by atoms with van der Waals surface area (Å²) in [6.07, 6.45) is 1.78. The van der Waals surface area contributed by atoms with Gasteiger partial charge in [-0.3, -0.25) is 4.79 Å². The van der Waals surface area contributed by atoms with E-state index in [1.165, 1.54) is 0 Å². The predicted molar refractivity (Wildman–Crippen MR) is 49.9 cm³/mol. The van der Waals surface area contributed by atoms with Gasteiger partial charge in [-0.2, -0.15) is 0 Å². The van der Waals surface area contributed by atoms with Crippen LogP contribution < -0.4 is 0 Å². The molecular formula is C10H20O2. The van der Waals surface area contributed by atoms with E-state index >= 15 is 0 Å². The molecule has 0 fully saturated rings. The SMILES string of the molecule is CC(=O)C(CO)CCC(C)(C)C. The van der Waals surface area contributed by atoms with Crippen LogP contribution in [0.3, 0.4) is 0 Å². The van der Waals surface area contributed by atoms with Crippen molar-refractivity contribution in [2.45, 2.75) is 40.5 Å². The molecule has 1 unspecified atom stereocenters. The van der Waals surface area contributed by atoms with Gasteiger partial charge in [0.15, 0.2) is 0 Å². The molecule has 0 aliphatic carbocycles. The lowest BCUT2D eigenvalue weighted by Gasteiger charge is -2.20. The first-order valence-corrected chi connectivity index (χ1v) is 4.48. The molecule has 0 spiro atoms. The zero-order chi connectivity index (χ0) is 9.78. The molecule has 0 aromatic rings. The normalized spacial score (nSPS) is 14.4. The van der Waals surface area contributed by atoms with E-state index in [2.05, 4.69) is 20.8 Å². The van der Waals surface area contributed by atoms with E-state index in [0.717, 1.165) is 12.8 Å². The van der Waals surface area contributed by atoms with Gasteiger partial charge in [-0.1, -0.05) is 20.8 Å². The number of aliphatic hydroxyl groups excluding tert-OH is 1. The first-order chi connectivity index (χ1) is 5.37. The third kappa shape index (κ3) is 5.30. The summed E-state index contributed by atoms with van der Waals surface area (Å²) < 4.78 is 0. The maximum Gasteiger partial charge on any atom is 0.135 e. The van der Waals surface area contributed by atoms with Crippen LogP contribution in [0.4, 0.5) is 0 Å². The predicted octanol–water partition coefficient (Wildman–Crippen LogP) is 2.01. The molecule has 2 heteroatoms. The Morgan fingerprint density at radius 3 is 2.17 bits per heavy atom. The number of carbonyl (C=O) groups excluding carboxylic acids is 1. The second-order valence-corrected chi connectivity index (χ2v) is 4.59.